The van der Waals surface area contributed by atoms with Crippen LogP contribution >= 0.6 is 0 Å². The fraction of sp³-hybridized carbons (Fsp3) is 1.00. The van der Waals surface area contributed by atoms with Crippen LogP contribution in [0.3, 0.4) is 0 Å². The molecular formula is C25H50IN2+. The lowest BCUT2D eigenvalue weighted by atomic mass is 9.61. The van der Waals surface area contributed by atoms with Crippen LogP contribution in [0.2, 0.25) is 0 Å². The van der Waals surface area contributed by atoms with Gasteiger partial charge in [0, 0.05) is 19.3 Å². The highest BCUT2D eigenvalue weighted by molar-refractivity contribution is 4.90. The first kappa shape index (κ1) is 24.9. The third kappa shape index (κ3) is 6.57. The maximum absolute atomic E-state index is 2.57. The van der Waals surface area contributed by atoms with Crippen molar-refractivity contribution in [3.8, 4) is 0 Å². The predicted octanol–water partition coefficient (Wildman–Crippen LogP) is 2.86. The Morgan fingerprint density at radius 2 is 1.18 bits per heavy atom. The van der Waals surface area contributed by atoms with Crippen molar-refractivity contribution in [2.75, 3.05) is 53.4 Å². The van der Waals surface area contributed by atoms with Crippen molar-refractivity contribution in [1.82, 2.24) is 0 Å². The van der Waals surface area contributed by atoms with E-state index in [2.05, 4.69) is 34.9 Å². The van der Waals surface area contributed by atoms with E-state index in [-0.39, 0.29) is 24.0 Å². The summed E-state index contributed by atoms with van der Waals surface area (Å²) in [7, 11) is 5.10. The molecule has 3 aliphatic rings. The molecule has 3 fully saturated rings. The Balaban J connectivity index is 0.00000280. The van der Waals surface area contributed by atoms with E-state index in [4.69, 9.17) is 0 Å². The largest absolute Gasteiger partial charge is 1.00 e. The molecule has 0 aromatic rings. The highest BCUT2D eigenvalue weighted by Gasteiger charge is 2.44. The van der Waals surface area contributed by atoms with Crippen LogP contribution in [-0.4, -0.2) is 62.3 Å². The molecule has 3 heteroatoms. The molecule has 28 heavy (non-hydrogen) atoms. The number of hydrogen-bond acceptors (Lipinski definition) is 0. The topological polar surface area (TPSA) is 0 Å². The first-order valence-corrected chi connectivity index (χ1v) is 12.3. The molecule has 1 spiro atoms. The van der Waals surface area contributed by atoms with E-state index in [9.17, 15) is 0 Å². The van der Waals surface area contributed by atoms with Crippen LogP contribution in [0.25, 0.3) is 0 Å². The number of halogens is 1. The van der Waals surface area contributed by atoms with Gasteiger partial charge in [0.2, 0.25) is 0 Å². The Bertz CT molecular complexity index is 455. The summed E-state index contributed by atoms with van der Waals surface area (Å²) in [5, 5.41) is 0. The molecule has 3 rings (SSSR count). The maximum atomic E-state index is 2.57. The van der Waals surface area contributed by atoms with E-state index >= 15 is 0 Å². The molecule has 2 nitrogen and oxygen atoms in total. The molecule has 0 radical (unpaired) electrons. The number of rotatable bonds is 4. The minimum absolute atomic E-state index is 0. The Morgan fingerprint density at radius 3 is 1.64 bits per heavy atom. The summed E-state index contributed by atoms with van der Waals surface area (Å²) in [5.74, 6) is 0.962. The molecule has 0 aromatic carbocycles. The van der Waals surface area contributed by atoms with Crippen molar-refractivity contribution in [1.29, 1.82) is 0 Å². The van der Waals surface area contributed by atoms with Gasteiger partial charge in [0.05, 0.1) is 53.4 Å². The minimum Gasteiger partial charge on any atom is -1.00 e. The van der Waals surface area contributed by atoms with Gasteiger partial charge in [-0.05, 0) is 68.1 Å². The molecule has 0 aromatic heterocycles. The maximum Gasteiger partial charge on any atom is 0.0838 e. The second kappa shape index (κ2) is 9.85. The van der Waals surface area contributed by atoms with Gasteiger partial charge in [0.1, 0.15) is 0 Å². The standard InChI is InChI=1S/C25H50N2.HI/c1-24(2,3)23-11-13-25(14-12-23)15-21-27(5,22-16-25)20-10-19-26(4)17-8-6-7-9-18-26;/h23H,6-22H2,1-5H3;1H/q+2;/p-1. The Labute approximate surface area is 194 Å². The van der Waals surface area contributed by atoms with Crippen molar-refractivity contribution in [2.24, 2.45) is 16.7 Å². The fourth-order valence-electron chi connectivity index (χ4n) is 6.58. The third-order valence-corrected chi connectivity index (χ3v) is 9.18. The molecule has 1 saturated carbocycles. The summed E-state index contributed by atoms with van der Waals surface area (Å²) in [6.07, 6.45) is 16.3. The zero-order valence-corrected chi connectivity index (χ0v) is 22.0. The van der Waals surface area contributed by atoms with Gasteiger partial charge in [0.25, 0.3) is 0 Å². The molecule has 1 aliphatic carbocycles. The zero-order chi connectivity index (χ0) is 19.6. The van der Waals surface area contributed by atoms with Crippen molar-refractivity contribution < 1.29 is 32.9 Å². The monoisotopic (exact) mass is 505 g/mol. The quantitative estimate of drug-likeness (QED) is 0.407. The van der Waals surface area contributed by atoms with E-state index in [1.807, 2.05) is 0 Å². The molecule has 166 valence electrons. The molecule has 2 heterocycles. The van der Waals surface area contributed by atoms with Crippen LogP contribution in [0.1, 0.15) is 91.4 Å². The van der Waals surface area contributed by atoms with E-state index in [0.29, 0.717) is 5.41 Å². The number of hydrogen-bond donors (Lipinski definition) is 0. The summed E-state index contributed by atoms with van der Waals surface area (Å²) in [6.45, 7) is 16.0. The third-order valence-electron chi connectivity index (χ3n) is 9.18. The summed E-state index contributed by atoms with van der Waals surface area (Å²) < 4.78 is 2.72. The lowest BCUT2D eigenvalue weighted by molar-refractivity contribution is -0.931. The summed E-state index contributed by atoms with van der Waals surface area (Å²) >= 11 is 0. The normalized spacial score (nSPS) is 36.5. The molecule has 0 amide bonds. The first-order valence-electron chi connectivity index (χ1n) is 12.3. The Hall–Kier alpha value is 0.650. The van der Waals surface area contributed by atoms with Crippen LogP contribution in [0.15, 0.2) is 0 Å². The Morgan fingerprint density at radius 1 is 0.714 bits per heavy atom. The average Bonchev–Trinajstić information content (AvgIpc) is 2.83. The van der Waals surface area contributed by atoms with Crippen molar-refractivity contribution >= 4 is 0 Å². The lowest BCUT2D eigenvalue weighted by Gasteiger charge is -2.50. The number of quaternary nitrogens is 2. The van der Waals surface area contributed by atoms with Crippen molar-refractivity contribution in [3.63, 3.8) is 0 Å². The second-order valence-corrected chi connectivity index (χ2v) is 12.5. The van der Waals surface area contributed by atoms with Crippen molar-refractivity contribution in [2.45, 2.75) is 91.4 Å². The zero-order valence-electron chi connectivity index (χ0n) is 19.9. The molecule has 0 atom stereocenters. The van der Waals surface area contributed by atoms with E-state index in [1.54, 1.807) is 0 Å². The molecule has 0 unspecified atom stereocenters. The molecule has 2 aliphatic heterocycles. The van der Waals surface area contributed by atoms with Gasteiger partial charge in [-0.3, -0.25) is 0 Å². The average molecular weight is 506 g/mol. The Kier molecular flexibility index (Phi) is 8.77. The van der Waals surface area contributed by atoms with E-state index < -0.39 is 0 Å². The number of piperidine rings is 1. The van der Waals surface area contributed by atoms with Gasteiger partial charge in [-0.25, -0.2) is 0 Å². The molecular weight excluding hydrogens is 455 g/mol. The smallest absolute Gasteiger partial charge is 0.0838 e. The fourth-order valence-corrected chi connectivity index (χ4v) is 6.58. The summed E-state index contributed by atoms with van der Waals surface area (Å²) in [5.41, 5.74) is 1.25. The van der Waals surface area contributed by atoms with Crippen LogP contribution in [0, 0.1) is 16.7 Å². The van der Waals surface area contributed by atoms with Crippen LogP contribution in [0.5, 0.6) is 0 Å². The van der Waals surface area contributed by atoms with Crippen LogP contribution < -0.4 is 24.0 Å². The van der Waals surface area contributed by atoms with Gasteiger partial charge in [-0.1, -0.05) is 20.8 Å². The highest BCUT2D eigenvalue weighted by Crippen LogP contribution is 2.50. The van der Waals surface area contributed by atoms with Crippen molar-refractivity contribution in [3.05, 3.63) is 0 Å². The summed E-state index contributed by atoms with van der Waals surface area (Å²) in [6, 6.07) is 0. The van der Waals surface area contributed by atoms with Gasteiger partial charge in [-0.2, -0.15) is 0 Å². The summed E-state index contributed by atoms with van der Waals surface area (Å²) in [4.78, 5) is 0. The molecule has 0 N–H and O–H groups in total. The highest BCUT2D eigenvalue weighted by atomic mass is 127. The van der Waals surface area contributed by atoms with Gasteiger partial charge in [0.15, 0.2) is 0 Å². The minimum atomic E-state index is 0. The lowest BCUT2D eigenvalue weighted by Crippen LogP contribution is -3.00. The molecule has 2 saturated heterocycles. The van der Waals surface area contributed by atoms with Gasteiger partial charge in [-0.15, -0.1) is 0 Å². The van der Waals surface area contributed by atoms with Gasteiger partial charge >= 0.3 is 0 Å². The van der Waals surface area contributed by atoms with E-state index in [1.165, 1.54) is 119 Å². The predicted molar refractivity (Wildman–Crippen MR) is 118 cm³/mol. The van der Waals surface area contributed by atoms with Crippen LogP contribution in [-0.2, 0) is 0 Å². The molecule has 0 bridgehead atoms. The van der Waals surface area contributed by atoms with Gasteiger partial charge < -0.3 is 32.9 Å². The number of likely N-dealkylation sites (tertiary alicyclic amines) is 2. The number of nitrogens with zero attached hydrogens (tertiary/aromatic N) is 2. The van der Waals surface area contributed by atoms with E-state index in [0.717, 1.165) is 11.3 Å². The SMILES string of the molecule is CC(C)(C)C1CCC2(CC1)CC[N+](C)(CCC[N+]1(C)CCCCCC1)CC2.[I-]. The first-order chi connectivity index (χ1) is 12.6. The second-order valence-electron chi connectivity index (χ2n) is 12.5. The van der Waals surface area contributed by atoms with Crippen LogP contribution in [0.4, 0.5) is 0 Å².